The van der Waals surface area contributed by atoms with Gasteiger partial charge in [0.1, 0.15) is 16.1 Å². The van der Waals surface area contributed by atoms with Crippen molar-refractivity contribution in [2.75, 3.05) is 6.54 Å². The Morgan fingerprint density at radius 2 is 1.88 bits per heavy atom. The molecule has 3 aromatic rings. The van der Waals surface area contributed by atoms with E-state index in [1.807, 2.05) is 25.1 Å². The molecule has 7 heteroatoms. The van der Waals surface area contributed by atoms with Gasteiger partial charge in [-0.25, -0.2) is 9.97 Å². The molecule has 0 aliphatic carbocycles. The molecule has 1 amide bonds. The maximum atomic E-state index is 12.1. The summed E-state index contributed by atoms with van der Waals surface area (Å²) < 4.78 is 2.15. The number of imidazole rings is 1. The number of pyridine rings is 1. The minimum Gasteiger partial charge on any atom is -0.352 e. The SMILES string of the molecule is Cc1nc2ccccc2n1CCCNC(=O)c1cc(Cl)nc(Cl)c1. The van der Waals surface area contributed by atoms with E-state index >= 15 is 0 Å². The van der Waals surface area contributed by atoms with Gasteiger partial charge in [-0.15, -0.1) is 0 Å². The van der Waals surface area contributed by atoms with E-state index in [-0.39, 0.29) is 16.2 Å². The molecule has 1 N–H and O–H groups in total. The molecule has 0 unspecified atom stereocenters. The molecular formula is C17H16Cl2N4O. The van der Waals surface area contributed by atoms with E-state index in [4.69, 9.17) is 23.2 Å². The van der Waals surface area contributed by atoms with Crippen molar-refractivity contribution in [3.63, 3.8) is 0 Å². The number of halogens is 2. The summed E-state index contributed by atoms with van der Waals surface area (Å²) in [5, 5.41) is 3.27. The normalized spacial score (nSPS) is 11.0. The highest BCUT2D eigenvalue weighted by Gasteiger charge is 2.09. The second-order valence-corrected chi connectivity index (χ2v) is 6.18. The summed E-state index contributed by atoms with van der Waals surface area (Å²) in [7, 11) is 0. The smallest absolute Gasteiger partial charge is 0.251 e. The monoisotopic (exact) mass is 362 g/mol. The number of hydrogen-bond donors (Lipinski definition) is 1. The summed E-state index contributed by atoms with van der Waals surface area (Å²) in [6, 6.07) is 11.0. The van der Waals surface area contributed by atoms with Crippen LogP contribution in [-0.2, 0) is 6.54 Å². The molecule has 0 bridgehead atoms. The van der Waals surface area contributed by atoms with Crippen molar-refractivity contribution in [1.82, 2.24) is 19.9 Å². The zero-order chi connectivity index (χ0) is 17.1. The molecule has 0 aliphatic heterocycles. The minimum atomic E-state index is -0.214. The Balaban J connectivity index is 1.58. The van der Waals surface area contributed by atoms with Gasteiger partial charge in [0.2, 0.25) is 0 Å². The van der Waals surface area contributed by atoms with Crippen molar-refractivity contribution in [3.05, 3.63) is 58.1 Å². The third-order valence-corrected chi connectivity index (χ3v) is 4.10. The first-order valence-corrected chi connectivity index (χ1v) is 8.33. The van der Waals surface area contributed by atoms with Gasteiger partial charge in [0.25, 0.3) is 5.91 Å². The fourth-order valence-corrected chi connectivity index (χ4v) is 3.08. The maximum absolute atomic E-state index is 12.1. The highest BCUT2D eigenvalue weighted by Crippen LogP contribution is 2.16. The molecule has 0 saturated heterocycles. The van der Waals surface area contributed by atoms with Crippen LogP contribution < -0.4 is 5.32 Å². The predicted molar refractivity (Wildman–Crippen MR) is 95.7 cm³/mol. The highest BCUT2D eigenvalue weighted by molar-refractivity contribution is 6.33. The molecule has 3 rings (SSSR count). The third-order valence-electron chi connectivity index (χ3n) is 3.71. The van der Waals surface area contributed by atoms with Gasteiger partial charge in [0, 0.05) is 18.7 Å². The van der Waals surface area contributed by atoms with Gasteiger partial charge in [-0.2, -0.15) is 0 Å². The van der Waals surface area contributed by atoms with E-state index in [9.17, 15) is 4.79 Å². The molecule has 2 heterocycles. The van der Waals surface area contributed by atoms with Crippen LogP contribution in [0.3, 0.4) is 0 Å². The second-order valence-electron chi connectivity index (χ2n) is 5.41. The Bertz CT molecular complexity index is 871. The zero-order valence-corrected chi connectivity index (χ0v) is 14.6. The topological polar surface area (TPSA) is 59.8 Å². The average molecular weight is 363 g/mol. The Hall–Kier alpha value is -2.11. The number of nitrogens with one attached hydrogen (secondary N) is 1. The van der Waals surface area contributed by atoms with Crippen molar-refractivity contribution < 1.29 is 4.79 Å². The van der Waals surface area contributed by atoms with Crippen molar-refractivity contribution >= 4 is 40.1 Å². The number of aryl methyl sites for hydroxylation is 2. The first-order chi connectivity index (χ1) is 11.5. The Morgan fingerprint density at radius 1 is 1.17 bits per heavy atom. The molecule has 0 saturated carbocycles. The van der Waals surface area contributed by atoms with Crippen molar-refractivity contribution in [3.8, 4) is 0 Å². The van der Waals surface area contributed by atoms with E-state index < -0.39 is 0 Å². The summed E-state index contributed by atoms with van der Waals surface area (Å²) in [5.41, 5.74) is 2.50. The van der Waals surface area contributed by atoms with Crippen LogP contribution in [0.1, 0.15) is 22.6 Å². The summed E-state index contributed by atoms with van der Waals surface area (Å²) >= 11 is 11.6. The molecule has 5 nitrogen and oxygen atoms in total. The van der Waals surface area contributed by atoms with Crippen LogP contribution in [0.25, 0.3) is 11.0 Å². The van der Waals surface area contributed by atoms with Gasteiger partial charge in [-0.05, 0) is 37.6 Å². The first kappa shape index (κ1) is 16.7. The van der Waals surface area contributed by atoms with Crippen LogP contribution in [0.4, 0.5) is 0 Å². The summed E-state index contributed by atoms with van der Waals surface area (Å²) in [5.74, 6) is 0.753. The Labute approximate surface area is 149 Å². The number of hydrogen-bond acceptors (Lipinski definition) is 3. The number of carbonyl (C=O) groups excluding carboxylic acids is 1. The second kappa shape index (κ2) is 7.20. The highest BCUT2D eigenvalue weighted by atomic mass is 35.5. The zero-order valence-electron chi connectivity index (χ0n) is 13.1. The quantitative estimate of drug-likeness (QED) is 0.553. The molecule has 24 heavy (non-hydrogen) atoms. The number of para-hydroxylation sites is 2. The first-order valence-electron chi connectivity index (χ1n) is 7.58. The van der Waals surface area contributed by atoms with E-state index in [1.165, 1.54) is 12.1 Å². The fourth-order valence-electron chi connectivity index (χ4n) is 2.62. The fraction of sp³-hybridized carbons (Fsp3) is 0.235. The van der Waals surface area contributed by atoms with Crippen LogP contribution in [0.2, 0.25) is 10.3 Å². The van der Waals surface area contributed by atoms with Crippen LogP contribution in [-0.4, -0.2) is 27.0 Å². The number of benzene rings is 1. The van der Waals surface area contributed by atoms with Crippen LogP contribution in [0.15, 0.2) is 36.4 Å². The van der Waals surface area contributed by atoms with Gasteiger partial charge >= 0.3 is 0 Å². The van der Waals surface area contributed by atoms with E-state index in [0.29, 0.717) is 12.1 Å². The lowest BCUT2D eigenvalue weighted by Crippen LogP contribution is -2.25. The van der Waals surface area contributed by atoms with E-state index in [0.717, 1.165) is 29.8 Å². The number of fused-ring (bicyclic) bond motifs is 1. The molecule has 0 atom stereocenters. The van der Waals surface area contributed by atoms with Crippen LogP contribution >= 0.6 is 23.2 Å². The average Bonchev–Trinajstić information content (AvgIpc) is 2.86. The van der Waals surface area contributed by atoms with Gasteiger partial charge < -0.3 is 9.88 Å². The summed E-state index contributed by atoms with van der Waals surface area (Å²) in [6.45, 7) is 3.31. The van der Waals surface area contributed by atoms with Gasteiger partial charge in [-0.1, -0.05) is 35.3 Å². The molecule has 2 aromatic heterocycles. The van der Waals surface area contributed by atoms with Crippen molar-refractivity contribution in [2.24, 2.45) is 0 Å². The minimum absolute atomic E-state index is 0.202. The standard InChI is InChI=1S/C17H16Cl2N4O/c1-11-21-13-5-2-3-6-14(13)23(11)8-4-7-20-17(24)12-9-15(18)22-16(19)10-12/h2-3,5-6,9-10H,4,7-8H2,1H3,(H,20,24). The predicted octanol–water partition coefficient (Wildman–Crippen LogP) is 3.87. The summed E-state index contributed by atoms with van der Waals surface area (Å²) in [4.78, 5) is 20.5. The molecule has 124 valence electrons. The molecular weight excluding hydrogens is 347 g/mol. The molecule has 0 aliphatic rings. The van der Waals surface area contributed by atoms with Gasteiger partial charge in [0.15, 0.2) is 0 Å². The van der Waals surface area contributed by atoms with E-state index in [2.05, 4.69) is 25.9 Å². The molecule has 0 spiro atoms. The van der Waals surface area contributed by atoms with Crippen molar-refractivity contribution in [2.45, 2.75) is 19.9 Å². The van der Waals surface area contributed by atoms with Crippen LogP contribution in [0.5, 0.6) is 0 Å². The number of carbonyl (C=O) groups is 1. The molecule has 0 fully saturated rings. The lowest BCUT2D eigenvalue weighted by Gasteiger charge is -2.08. The van der Waals surface area contributed by atoms with Crippen molar-refractivity contribution in [1.29, 1.82) is 0 Å². The number of nitrogens with zero attached hydrogens (tertiary/aromatic N) is 3. The third kappa shape index (κ3) is 3.68. The Kier molecular flexibility index (Phi) is 5.02. The van der Waals surface area contributed by atoms with Crippen LogP contribution in [0, 0.1) is 6.92 Å². The largest absolute Gasteiger partial charge is 0.352 e. The number of aromatic nitrogens is 3. The lowest BCUT2D eigenvalue weighted by molar-refractivity contribution is 0.0952. The van der Waals surface area contributed by atoms with Gasteiger partial charge in [0.05, 0.1) is 11.0 Å². The van der Waals surface area contributed by atoms with Gasteiger partial charge in [-0.3, -0.25) is 4.79 Å². The number of rotatable bonds is 5. The lowest BCUT2D eigenvalue weighted by atomic mass is 10.2. The molecule has 1 aromatic carbocycles. The summed E-state index contributed by atoms with van der Waals surface area (Å²) in [6.07, 6.45) is 0.791. The van der Waals surface area contributed by atoms with E-state index in [1.54, 1.807) is 0 Å². The molecule has 0 radical (unpaired) electrons. The number of amides is 1. The Morgan fingerprint density at radius 3 is 2.62 bits per heavy atom. The maximum Gasteiger partial charge on any atom is 0.251 e.